The van der Waals surface area contributed by atoms with Crippen LogP contribution in [0.25, 0.3) is 0 Å². The van der Waals surface area contributed by atoms with Crippen molar-refractivity contribution in [2.45, 2.75) is 43.9 Å². The van der Waals surface area contributed by atoms with Gasteiger partial charge in [-0.3, -0.25) is 4.79 Å². The molecule has 1 saturated heterocycles. The van der Waals surface area contributed by atoms with Gasteiger partial charge in [0.05, 0.1) is 12.1 Å². The zero-order valence-corrected chi connectivity index (χ0v) is 15.4. The van der Waals surface area contributed by atoms with Crippen LogP contribution in [0.3, 0.4) is 0 Å². The molecule has 1 aromatic carbocycles. The van der Waals surface area contributed by atoms with Crippen LogP contribution >= 0.6 is 0 Å². The third kappa shape index (κ3) is 2.73. The van der Waals surface area contributed by atoms with Crippen molar-refractivity contribution < 1.29 is 9.53 Å². The summed E-state index contributed by atoms with van der Waals surface area (Å²) in [5.41, 5.74) is 2.49. The van der Waals surface area contributed by atoms with Crippen molar-refractivity contribution in [1.82, 2.24) is 20.2 Å². The topological polar surface area (TPSA) is 68.2 Å². The van der Waals surface area contributed by atoms with Gasteiger partial charge in [-0.2, -0.15) is 0 Å². The number of imidazole rings is 1. The van der Waals surface area contributed by atoms with Crippen LogP contribution in [0.15, 0.2) is 36.7 Å². The average Bonchev–Trinajstić information content (AvgIpc) is 3.16. The van der Waals surface area contributed by atoms with Crippen LogP contribution in [0.5, 0.6) is 0 Å². The highest BCUT2D eigenvalue weighted by molar-refractivity contribution is 5.77. The maximum absolute atomic E-state index is 12.7. The van der Waals surface area contributed by atoms with Gasteiger partial charge in [0.25, 0.3) is 0 Å². The summed E-state index contributed by atoms with van der Waals surface area (Å²) in [4.78, 5) is 16.9. The normalized spacial score (nSPS) is 23.8. The highest BCUT2D eigenvalue weighted by Gasteiger charge is 2.53. The van der Waals surface area contributed by atoms with Crippen LogP contribution in [0, 0.1) is 6.92 Å². The van der Waals surface area contributed by atoms with Gasteiger partial charge in [0, 0.05) is 24.9 Å². The number of hydrogen-bond acceptors (Lipinski definition) is 4. The Labute approximate surface area is 154 Å². The van der Waals surface area contributed by atoms with E-state index in [4.69, 9.17) is 4.74 Å². The van der Waals surface area contributed by atoms with Crippen LogP contribution in [0.4, 0.5) is 0 Å². The van der Waals surface area contributed by atoms with Crippen molar-refractivity contribution in [2.75, 3.05) is 20.2 Å². The van der Waals surface area contributed by atoms with Gasteiger partial charge in [0.2, 0.25) is 5.91 Å². The first-order valence-corrected chi connectivity index (χ1v) is 9.26. The Morgan fingerprint density at radius 3 is 2.85 bits per heavy atom. The Kier molecular flexibility index (Phi) is 4.54. The Bertz CT molecular complexity index is 795. The minimum Gasteiger partial charge on any atom is -0.378 e. The molecule has 26 heavy (non-hydrogen) atoms. The van der Waals surface area contributed by atoms with Gasteiger partial charge >= 0.3 is 0 Å². The molecule has 1 spiro atoms. The molecule has 6 nitrogen and oxygen atoms in total. The quantitative estimate of drug-likeness (QED) is 0.877. The monoisotopic (exact) mass is 354 g/mol. The molecule has 1 fully saturated rings. The second kappa shape index (κ2) is 6.85. The Morgan fingerprint density at radius 2 is 2.15 bits per heavy atom. The van der Waals surface area contributed by atoms with Crippen LogP contribution in [-0.4, -0.2) is 41.8 Å². The van der Waals surface area contributed by atoms with Crippen molar-refractivity contribution in [3.8, 4) is 0 Å². The fraction of sp³-hybridized carbons (Fsp3) is 0.500. The molecule has 1 aliphatic heterocycles. The van der Waals surface area contributed by atoms with E-state index in [1.54, 1.807) is 13.3 Å². The number of ether oxygens (including phenoxy) is 1. The standard InChI is InChI=1S/C20H26N4O2/c1-14-22-11-12-24(14)13-17(25)23-18-15-5-3-4-6-16(15)20(19(18)26-2)7-9-21-10-8-20/h3-6,11-12,18-19,21H,7-10,13H2,1-2H3,(H,23,25)/t18-,19+/m1/s1. The summed E-state index contributed by atoms with van der Waals surface area (Å²) >= 11 is 0. The molecule has 4 rings (SSSR count). The van der Waals surface area contributed by atoms with Gasteiger partial charge in [-0.1, -0.05) is 24.3 Å². The summed E-state index contributed by atoms with van der Waals surface area (Å²) in [7, 11) is 1.76. The molecular formula is C20H26N4O2. The maximum atomic E-state index is 12.7. The van der Waals surface area contributed by atoms with Crippen LogP contribution in [-0.2, 0) is 21.5 Å². The van der Waals surface area contributed by atoms with E-state index in [0.29, 0.717) is 0 Å². The summed E-state index contributed by atoms with van der Waals surface area (Å²) < 4.78 is 7.86. The molecule has 0 bridgehead atoms. The lowest BCUT2D eigenvalue weighted by Gasteiger charge is -2.40. The lowest BCUT2D eigenvalue weighted by Crippen LogP contribution is -2.49. The van der Waals surface area contributed by atoms with Gasteiger partial charge in [0.15, 0.2) is 0 Å². The second-order valence-corrected chi connectivity index (χ2v) is 7.30. The van der Waals surface area contributed by atoms with Crippen molar-refractivity contribution in [3.63, 3.8) is 0 Å². The lowest BCUT2D eigenvalue weighted by molar-refractivity contribution is -0.124. The minimum absolute atomic E-state index is 0.0149. The fourth-order valence-electron chi connectivity index (χ4n) is 4.74. The van der Waals surface area contributed by atoms with E-state index < -0.39 is 0 Å². The van der Waals surface area contributed by atoms with Crippen molar-refractivity contribution in [2.24, 2.45) is 0 Å². The SMILES string of the molecule is CO[C@H]1[C@H](NC(=O)Cn2ccnc2C)c2ccccc2C12CCNCC2. The molecule has 6 heteroatoms. The van der Waals surface area contributed by atoms with E-state index in [-0.39, 0.29) is 30.0 Å². The number of carbonyl (C=O) groups excluding carboxylic acids is 1. The minimum atomic E-state index is -0.120. The Morgan fingerprint density at radius 1 is 1.38 bits per heavy atom. The largest absolute Gasteiger partial charge is 0.378 e. The van der Waals surface area contributed by atoms with E-state index >= 15 is 0 Å². The maximum Gasteiger partial charge on any atom is 0.240 e. The Balaban J connectivity index is 1.63. The van der Waals surface area contributed by atoms with E-state index in [9.17, 15) is 4.79 Å². The Hall–Kier alpha value is -2.18. The number of hydrogen-bond donors (Lipinski definition) is 2. The number of aryl methyl sites for hydroxylation is 1. The summed E-state index contributed by atoms with van der Waals surface area (Å²) in [5.74, 6) is 0.823. The molecule has 0 saturated carbocycles. The predicted molar refractivity (Wildman–Crippen MR) is 98.9 cm³/mol. The van der Waals surface area contributed by atoms with Crippen LogP contribution < -0.4 is 10.6 Å². The lowest BCUT2D eigenvalue weighted by atomic mass is 9.72. The number of amides is 1. The fourth-order valence-corrected chi connectivity index (χ4v) is 4.74. The zero-order chi connectivity index (χ0) is 18.1. The first kappa shape index (κ1) is 17.2. The van der Waals surface area contributed by atoms with Gasteiger partial charge in [-0.05, 0) is 44.0 Å². The molecule has 1 aromatic heterocycles. The molecule has 138 valence electrons. The van der Waals surface area contributed by atoms with Gasteiger partial charge < -0.3 is 19.9 Å². The highest BCUT2D eigenvalue weighted by atomic mass is 16.5. The number of aromatic nitrogens is 2. The van der Waals surface area contributed by atoms with Crippen molar-refractivity contribution in [1.29, 1.82) is 0 Å². The van der Waals surface area contributed by atoms with Gasteiger partial charge in [-0.15, -0.1) is 0 Å². The molecule has 0 unspecified atom stereocenters. The summed E-state index contributed by atoms with van der Waals surface area (Å²) in [5, 5.41) is 6.69. The summed E-state index contributed by atoms with van der Waals surface area (Å²) in [6, 6.07) is 8.36. The molecule has 0 radical (unpaired) electrons. The molecule has 2 heterocycles. The van der Waals surface area contributed by atoms with Crippen molar-refractivity contribution >= 4 is 5.91 Å². The summed E-state index contributed by atoms with van der Waals surface area (Å²) in [6.45, 7) is 4.13. The number of rotatable bonds is 4. The number of nitrogens with zero attached hydrogens (tertiary/aromatic N) is 2. The smallest absolute Gasteiger partial charge is 0.240 e. The van der Waals surface area contributed by atoms with E-state index in [0.717, 1.165) is 31.8 Å². The third-order valence-corrected chi connectivity index (χ3v) is 5.98. The average molecular weight is 354 g/mol. The van der Waals surface area contributed by atoms with E-state index in [1.807, 2.05) is 23.8 Å². The number of fused-ring (bicyclic) bond motifs is 2. The molecular weight excluding hydrogens is 328 g/mol. The molecule has 2 atom stereocenters. The van der Waals surface area contributed by atoms with Crippen LogP contribution in [0.2, 0.25) is 0 Å². The highest BCUT2D eigenvalue weighted by Crippen LogP contribution is 2.51. The van der Waals surface area contributed by atoms with Gasteiger partial charge in [0.1, 0.15) is 12.4 Å². The van der Waals surface area contributed by atoms with Crippen LogP contribution in [0.1, 0.15) is 35.8 Å². The second-order valence-electron chi connectivity index (χ2n) is 7.30. The van der Waals surface area contributed by atoms with Crippen molar-refractivity contribution in [3.05, 3.63) is 53.6 Å². The first-order valence-electron chi connectivity index (χ1n) is 9.26. The molecule has 2 aromatic rings. The first-order chi connectivity index (χ1) is 12.7. The summed E-state index contributed by atoms with van der Waals surface area (Å²) in [6.07, 6.45) is 5.55. The number of nitrogens with one attached hydrogen (secondary N) is 2. The molecule has 1 amide bonds. The number of carbonyl (C=O) groups is 1. The number of methoxy groups -OCH3 is 1. The predicted octanol–water partition coefficient (Wildman–Crippen LogP) is 1.70. The number of piperidine rings is 1. The van der Waals surface area contributed by atoms with E-state index in [1.165, 1.54) is 11.1 Å². The molecule has 1 aliphatic carbocycles. The zero-order valence-electron chi connectivity index (χ0n) is 15.4. The third-order valence-electron chi connectivity index (χ3n) is 5.98. The van der Waals surface area contributed by atoms with Gasteiger partial charge in [-0.25, -0.2) is 4.98 Å². The molecule has 2 aliphatic rings. The van der Waals surface area contributed by atoms with E-state index in [2.05, 4.69) is 33.8 Å². The molecule has 2 N–H and O–H groups in total. The number of benzene rings is 1.